The van der Waals surface area contributed by atoms with E-state index in [9.17, 15) is 19.7 Å². The van der Waals surface area contributed by atoms with Crippen molar-refractivity contribution < 1.29 is 24.0 Å². The first-order valence-corrected chi connectivity index (χ1v) is 10.3. The van der Waals surface area contributed by atoms with Gasteiger partial charge in [-0.15, -0.1) is 11.3 Å². The fourth-order valence-corrected chi connectivity index (χ4v) is 3.89. The fraction of sp³-hybridized carbons (Fsp3) is 0.182. The van der Waals surface area contributed by atoms with Crippen LogP contribution in [0.4, 0.5) is 10.7 Å². The number of thiophene rings is 1. The van der Waals surface area contributed by atoms with Crippen LogP contribution < -0.4 is 10.1 Å². The van der Waals surface area contributed by atoms with Crippen LogP contribution in [-0.2, 0) is 9.53 Å². The second-order valence-corrected chi connectivity index (χ2v) is 7.36. The number of carbonyl (C=O) groups is 2. The van der Waals surface area contributed by atoms with Crippen LogP contribution in [-0.4, -0.2) is 30.0 Å². The first kappa shape index (κ1) is 22.0. The predicted molar refractivity (Wildman–Crippen MR) is 118 cm³/mol. The lowest BCUT2D eigenvalue weighted by molar-refractivity contribution is -0.385. The highest BCUT2D eigenvalue weighted by Gasteiger charge is 2.23. The van der Waals surface area contributed by atoms with Crippen LogP contribution in [0.1, 0.15) is 22.8 Å². The molecule has 1 N–H and O–H groups in total. The Hall–Kier alpha value is -3.72. The Morgan fingerprint density at radius 1 is 1.16 bits per heavy atom. The summed E-state index contributed by atoms with van der Waals surface area (Å²) in [5.74, 6) is -0.659. The summed E-state index contributed by atoms with van der Waals surface area (Å²) in [4.78, 5) is 35.4. The van der Waals surface area contributed by atoms with Gasteiger partial charge in [0.15, 0.2) is 6.61 Å². The molecule has 0 aliphatic heterocycles. The molecule has 3 aromatic rings. The van der Waals surface area contributed by atoms with Crippen LogP contribution in [0.25, 0.3) is 11.1 Å². The van der Waals surface area contributed by atoms with Crippen LogP contribution in [0.2, 0.25) is 0 Å². The number of carbonyl (C=O) groups excluding carboxylic acids is 2. The van der Waals surface area contributed by atoms with Gasteiger partial charge in [0.25, 0.3) is 11.6 Å². The summed E-state index contributed by atoms with van der Waals surface area (Å²) in [5.41, 5.74) is 2.20. The van der Waals surface area contributed by atoms with E-state index in [4.69, 9.17) is 9.47 Å². The highest BCUT2D eigenvalue weighted by molar-refractivity contribution is 7.15. The van der Waals surface area contributed by atoms with Gasteiger partial charge < -0.3 is 14.8 Å². The number of hydrogen-bond donors (Lipinski definition) is 1. The molecule has 1 amide bonds. The number of nitro groups is 1. The molecule has 8 nitrogen and oxygen atoms in total. The number of amides is 1. The summed E-state index contributed by atoms with van der Waals surface area (Å²) in [6.07, 6.45) is 0. The van der Waals surface area contributed by atoms with E-state index in [1.54, 1.807) is 19.2 Å². The second kappa shape index (κ2) is 9.86. The monoisotopic (exact) mass is 440 g/mol. The Labute approximate surface area is 182 Å². The molecule has 0 saturated heterocycles. The van der Waals surface area contributed by atoms with Crippen LogP contribution >= 0.6 is 11.3 Å². The highest BCUT2D eigenvalue weighted by Crippen LogP contribution is 2.36. The Morgan fingerprint density at radius 3 is 2.55 bits per heavy atom. The van der Waals surface area contributed by atoms with E-state index in [1.807, 2.05) is 30.3 Å². The van der Waals surface area contributed by atoms with Crippen molar-refractivity contribution >= 4 is 33.9 Å². The average molecular weight is 440 g/mol. The number of rotatable bonds is 8. The van der Waals surface area contributed by atoms with Crippen LogP contribution in [0.3, 0.4) is 0 Å². The summed E-state index contributed by atoms with van der Waals surface area (Å²) in [6, 6.07) is 13.6. The van der Waals surface area contributed by atoms with Crippen molar-refractivity contribution in [1.82, 2.24) is 0 Å². The molecule has 1 aromatic heterocycles. The van der Waals surface area contributed by atoms with E-state index in [0.29, 0.717) is 21.9 Å². The number of hydrogen-bond acceptors (Lipinski definition) is 7. The zero-order valence-electron chi connectivity index (χ0n) is 16.9. The van der Waals surface area contributed by atoms with Crippen molar-refractivity contribution in [2.45, 2.75) is 13.8 Å². The quantitative estimate of drug-likeness (QED) is 0.305. The molecule has 0 spiro atoms. The van der Waals surface area contributed by atoms with Crippen molar-refractivity contribution in [2.75, 3.05) is 18.5 Å². The molecule has 2 aromatic carbocycles. The van der Waals surface area contributed by atoms with E-state index < -0.39 is 16.8 Å². The molecule has 0 aliphatic rings. The maximum absolute atomic E-state index is 12.6. The Kier molecular flexibility index (Phi) is 6.99. The zero-order chi connectivity index (χ0) is 22.4. The Morgan fingerprint density at radius 2 is 1.90 bits per heavy atom. The maximum atomic E-state index is 12.6. The van der Waals surface area contributed by atoms with E-state index in [2.05, 4.69) is 5.32 Å². The third kappa shape index (κ3) is 5.26. The molecule has 1 heterocycles. The van der Waals surface area contributed by atoms with Gasteiger partial charge in [-0.3, -0.25) is 14.9 Å². The average Bonchev–Trinajstić information content (AvgIpc) is 3.16. The minimum atomic E-state index is -0.523. The normalized spacial score (nSPS) is 10.4. The van der Waals surface area contributed by atoms with E-state index in [-0.39, 0.29) is 24.5 Å². The van der Waals surface area contributed by atoms with Gasteiger partial charge in [-0.1, -0.05) is 30.3 Å². The van der Waals surface area contributed by atoms with Crippen LogP contribution in [0.5, 0.6) is 5.75 Å². The number of nitrogens with zero attached hydrogens (tertiary/aromatic N) is 1. The largest absolute Gasteiger partial charge is 0.484 e. The summed E-state index contributed by atoms with van der Waals surface area (Å²) in [5, 5.41) is 15.8. The van der Waals surface area contributed by atoms with Crippen LogP contribution in [0.15, 0.2) is 53.9 Å². The third-order valence-electron chi connectivity index (χ3n) is 4.34. The summed E-state index contributed by atoms with van der Waals surface area (Å²) in [7, 11) is 0. The van der Waals surface area contributed by atoms with Gasteiger partial charge in [0.05, 0.1) is 11.5 Å². The molecule has 31 heavy (non-hydrogen) atoms. The molecule has 0 saturated carbocycles. The standard InChI is InChI=1S/C22H20N2O6S/c1-3-29-22(26)20-17(15-7-5-4-6-8-15)13-31-21(20)23-19(25)12-30-16-9-10-18(24(27)28)14(2)11-16/h4-11,13H,3,12H2,1-2H3,(H,23,25). The van der Waals surface area contributed by atoms with Crippen molar-refractivity contribution in [3.8, 4) is 16.9 Å². The molecule has 0 aliphatic carbocycles. The summed E-state index contributed by atoms with van der Waals surface area (Å²) < 4.78 is 10.6. The lowest BCUT2D eigenvalue weighted by Gasteiger charge is -2.10. The third-order valence-corrected chi connectivity index (χ3v) is 5.24. The van der Waals surface area contributed by atoms with Crippen LogP contribution in [0, 0.1) is 17.0 Å². The maximum Gasteiger partial charge on any atom is 0.341 e. The molecule has 0 fully saturated rings. The smallest absolute Gasteiger partial charge is 0.341 e. The predicted octanol–water partition coefficient (Wildman–Crippen LogP) is 4.83. The molecule has 3 rings (SSSR count). The first-order valence-electron chi connectivity index (χ1n) is 9.42. The van der Waals surface area contributed by atoms with Gasteiger partial charge in [-0.2, -0.15) is 0 Å². The number of benzene rings is 2. The lowest BCUT2D eigenvalue weighted by Crippen LogP contribution is -2.21. The molecule has 160 valence electrons. The molecule has 0 unspecified atom stereocenters. The molecule has 9 heteroatoms. The number of aryl methyl sites for hydroxylation is 1. The lowest BCUT2D eigenvalue weighted by atomic mass is 10.0. The molecular weight excluding hydrogens is 420 g/mol. The van der Waals surface area contributed by atoms with Crippen molar-refractivity contribution in [3.63, 3.8) is 0 Å². The zero-order valence-corrected chi connectivity index (χ0v) is 17.7. The van der Waals surface area contributed by atoms with Crippen molar-refractivity contribution in [1.29, 1.82) is 0 Å². The van der Waals surface area contributed by atoms with Gasteiger partial charge in [0.2, 0.25) is 0 Å². The topological polar surface area (TPSA) is 108 Å². The van der Waals surface area contributed by atoms with Gasteiger partial charge in [0, 0.05) is 22.6 Å². The fourth-order valence-electron chi connectivity index (χ4n) is 2.92. The molecule has 0 bridgehead atoms. The van der Waals surface area contributed by atoms with Crippen molar-refractivity contribution in [3.05, 3.63) is 75.2 Å². The number of ether oxygens (including phenoxy) is 2. The van der Waals surface area contributed by atoms with Gasteiger partial charge in [-0.25, -0.2) is 4.79 Å². The van der Waals surface area contributed by atoms with E-state index in [0.717, 1.165) is 5.56 Å². The van der Waals surface area contributed by atoms with E-state index in [1.165, 1.54) is 29.5 Å². The van der Waals surface area contributed by atoms with Gasteiger partial charge >= 0.3 is 5.97 Å². The van der Waals surface area contributed by atoms with E-state index >= 15 is 0 Å². The number of nitro benzene ring substituents is 1. The molecule has 0 radical (unpaired) electrons. The SMILES string of the molecule is CCOC(=O)c1c(-c2ccccc2)csc1NC(=O)COc1ccc([N+](=O)[O-])c(C)c1. The van der Waals surface area contributed by atoms with Gasteiger partial charge in [0.1, 0.15) is 16.3 Å². The second-order valence-electron chi connectivity index (χ2n) is 6.48. The van der Waals surface area contributed by atoms with Crippen molar-refractivity contribution in [2.24, 2.45) is 0 Å². The minimum absolute atomic E-state index is 0.0251. The number of anilines is 1. The summed E-state index contributed by atoms with van der Waals surface area (Å²) in [6.45, 7) is 3.19. The van der Waals surface area contributed by atoms with Gasteiger partial charge in [-0.05, 0) is 31.5 Å². The Bertz CT molecular complexity index is 1110. The highest BCUT2D eigenvalue weighted by atomic mass is 32.1. The number of esters is 1. The molecule has 0 atom stereocenters. The Balaban J connectivity index is 1.75. The molecular formula is C22H20N2O6S. The summed E-state index contributed by atoms with van der Waals surface area (Å²) >= 11 is 1.22. The first-order chi connectivity index (χ1) is 14.9. The minimum Gasteiger partial charge on any atom is -0.484 e. The number of nitrogens with one attached hydrogen (secondary N) is 1.